The van der Waals surface area contributed by atoms with Crippen molar-refractivity contribution in [2.75, 3.05) is 7.11 Å². The molecule has 0 saturated heterocycles. The summed E-state index contributed by atoms with van der Waals surface area (Å²) < 4.78 is 18.8. The molecule has 2 rings (SSSR count). The Hall–Kier alpha value is -1.58. The molecule has 1 fully saturated rings. The van der Waals surface area contributed by atoms with Crippen LogP contribution < -0.4 is 4.74 Å². The zero-order valence-electron chi connectivity index (χ0n) is 11.3. The Morgan fingerprint density at radius 1 is 1.32 bits per heavy atom. The lowest BCUT2D eigenvalue weighted by Gasteiger charge is -2.34. The number of carboxylic acid groups (broad SMARTS) is 1. The van der Waals surface area contributed by atoms with E-state index in [0.29, 0.717) is 24.0 Å². The normalized spacial score (nSPS) is 18.1. The summed E-state index contributed by atoms with van der Waals surface area (Å²) in [6, 6.07) is 3.19. The molecule has 1 aromatic rings. The fourth-order valence-corrected chi connectivity index (χ4v) is 2.94. The Balaban J connectivity index is 2.54. The number of rotatable bonds is 3. The lowest BCUT2D eigenvalue weighted by Crippen LogP contribution is -2.38. The quantitative estimate of drug-likeness (QED) is 0.911. The summed E-state index contributed by atoms with van der Waals surface area (Å²) in [6.45, 7) is 1.64. The second kappa shape index (κ2) is 5.19. The van der Waals surface area contributed by atoms with Crippen LogP contribution in [0.5, 0.6) is 5.75 Å². The van der Waals surface area contributed by atoms with E-state index in [1.54, 1.807) is 19.1 Å². The number of aliphatic carboxylic acids is 1. The van der Waals surface area contributed by atoms with Crippen molar-refractivity contribution >= 4 is 5.97 Å². The van der Waals surface area contributed by atoms with Gasteiger partial charge in [-0.05, 0) is 37.0 Å². The molecule has 0 atom stereocenters. The first kappa shape index (κ1) is 13.8. The molecule has 0 heterocycles. The van der Waals surface area contributed by atoms with E-state index in [0.717, 1.165) is 19.3 Å². The molecule has 1 aromatic carbocycles. The number of carboxylic acids is 1. The summed E-state index contributed by atoms with van der Waals surface area (Å²) in [5.41, 5.74) is 0.209. The highest BCUT2D eigenvalue weighted by atomic mass is 19.1. The van der Waals surface area contributed by atoms with Crippen molar-refractivity contribution in [2.45, 2.75) is 44.4 Å². The minimum atomic E-state index is -0.885. The standard InChI is InChI=1S/C15H19FO3/c1-10-8-11(9-12(19-2)13(10)16)15(14(17)18)6-4-3-5-7-15/h8-9H,3-7H2,1-2H3,(H,17,18). The minimum Gasteiger partial charge on any atom is -0.494 e. The molecule has 4 heteroatoms. The number of ether oxygens (including phenoxy) is 1. The van der Waals surface area contributed by atoms with Crippen molar-refractivity contribution in [1.29, 1.82) is 0 Å². The van der Waals surface area contributed by atoms with Crippen molar-refractivity contribution in [3.63, 3.8) is 0 Å². The van der Waals surface area contributed by atoms with Crippen LogP contribution >= 0.6 is 0 Å². The summed E-state index contributed by atoms with van der Waals surface area (Å²) in [7, 11) is 1.40. The first-order valence-electron chi connectivity index (χ1n) is 6.59. The third-order valence-corrected chi connectivity index (χ3v) is 4.11. The molecule has 0 spiro atoms. The zero-order valence-corrected chi connectivity index (χ0v) is 11.3. The minimum absolute atomic E-state index is 0.126. The maximum absolute atomic E-state index is 13.8. The van der Waals surface area contributed by atoms with E-state index in [4.69, 9.17) is 4.74 Å². The summed E-state index contributed by atoms with van der Waals surface area (Å²) >= 11 is 0. The van der Waals surface area contributed by atoms with Crippen LogP contribution in [0.3, 0.4) is 0 Å². The molecule has 1 saturated carbocycles. The van der Waals surface area contributed by atoms with E-state index in [1.807, 2.05) is 0 Å². The van der Waals surface area contributed by atoms with Crippen LogP contribution in [-0.4, -0.2) is 18.2 Å². The topological polar surface area (TPSA) is 46.5 Å². The maximum Gasteiger partial charge on any atom is 0.314 e. The van der Waals surface area contributed by atoms with E-state index in [2.05, 4.69) is 0 Å². The number of carbonyl (C=O) groups is 1. The highest BCUT2D eigenvalue weighted by Crippen LogP contribution is 2.41. The number of hydrogen-bond acceptors (Lipinski definition) is 2. The number of benzene rings is 1. The molecule has 0 aromatic heterocycles. The van der Waals surface area contributed by atoms with Gasteiger partial charge in [0.05, 0.1) is 12.5 Å². The van der Waals surface area contributed by atoms with Gasteiger partial charge < -0.3 is 9.84 Å². The molecule has 19 heavy (non-hydrogen) atoms. The van der Waals surface area contributed by atoms with E-state index in [1.165, 1.54) is 7.11 Å². The summed E-state index contributed by atoms with van der Waals surface area (Å²) in [5, 5.41) is 9.63. The highest BCUT2D eigenvalue weighted by molar-refractivity contribution is 5.81. The predicted molar refractivity (Wildman–Crippen MR) is 70.1 cm³/mol. The van der Waals surface area contributed by atoms with Gasteiger partial charge in [-0.1, -0.05) is 25.3 Å². The molecule has 3 nitrogen and oxygen atoms in total. The molecule has 0 aliphatic heterocycles. The van der Waals surface area contributed by atoms with E-state index in [9.17, 15) is 14.3 Å². The van der Waals surface area contributed by atoms with Crippen LogP contribution in [0.1, 0.15) is 43.2 Å². The van der Waals surface area contributed by atoms with Crippen LogP contribution in [0.15, 0.2) is 12.1 Å². The Kier molecular flexibility index (Phi) is 3.78. The van der Waals surface area contributed by atoms with Crippen LogP contribution in [0.25, 0.3) is 0 Å². The van der Waals surface area contributed by atoms with Crippen LogP contribution in [0.2, 0.25) is 0 Å². The van der Waals surface area contributed by atoms with Gasteiger partial charge in [-0.2, -0.15) is 0 Å². The largest absolute Gasteiger partial charge is 0.494 e. The smallest absolute Gasteiger partial charge is 0.314 e. The molecular weight excluding hydrogens is 247 g/mol. The molecular formula is C15H19FO3. The summed E-state index contributed by atoms with van der Waals surface area (Å²) in [5.74, 6) is -1.11. The van der Waals surface area contributed by atoms with Crippen molar-refractivity contribution in [2.24, 2.45) is 0 Å². The van der Waals surface area contributed by atoms with Crippen molar-refractivity contribution in [3.05, 3.63) is 29.1 Å². The summed E-state index contributed by atoms with van der Waals surface area (Å²) in [4.78, 5) is 11.7. The second-order valence-corrected chi connectivity index (χ2v) is 5.26. The van der Waals surface area contributed by atoms with Gasteiger partial charge >= 0.3 is 5.97 Å². The van der Waals surface area contributed by atoms with Gasteiger partial charge in [0.25, 0.3) is 0 Å². The van der Waals surface area contributed by atoms with Crippen LogP contribution in [0.4, 0.5) is 4.39 Å². The Labute approximate surface area is 112 Å². The number of methoxy groups -OCH3 is 1. The molecule has 0 unspecified atom stereocenters. The maximum atomic E-state index is 13.8. The third kappa shape index (κ3) is 2.31. The van der Waals surface area contributed by atoms with E-state index < -0.39 is 17.2 Å². The first-order chi connectivity index (χ1) is 9.01. The van der Waals surface area contributed by atoms with Gasteiger partial charge in [0.1, 0.15) is 0 Å². The first-order valence-corrected chi connectivity index (χ1v) is 6.59. The lowest BCUT2D eigenvalue weighted by molar-refractivity contribution is -0.145. The Bertz CT molecular complexity index is 490. The van der Waals surface area contributed by atoms with Gasteiger partial charge in [0.15, 0.2) is 11.6 Å². The Morgan fingerprint density at radius 3 is 2.47 bits per heavy atom. The molecule has 1 aliphatic carbocycles. The van der Waals surface area contributed by atoms with Gasteiger partial charge in [-0.25, -0.2) is 4.39 Å². The highest BCUT2D eigenvalue weighted by Gasteiger charge is 2.41. The van der Waals surface area contributed by atoms with Gasteiger partial charge in [0, 0.05) is 0 Å². The van der Waals surface area contributed by atoms with Gasteiger partial charge in [-0.3, -0.25) is 4.79 Å². The SMILES string of the molecule is COc1cc(C2(C(=O)O)CCCCC2)cc(C)c1F. The monoisotopic (exact) mass is 266 g/mol. The van der Waals surface area contributed by atoms with E-state index in [-0.39, 0.29) is 5.75 Å². The van der Waals surface area contributed by atoms with Gasteiger partial charge in [-0.15, -0.1) is 0 Å². The molecule has 104 valence electrons. The number of hydrogen-bond donors (Lipinski definition) is 1. The number of halogens is 1. The molecule has 0 amide bonds. The molecule has 0 bridgehead atoms. The Morgan fingerprint density at radius 2 is 1.95 bits per heavy atom. The van der Waals surface area contributed by atoms with Crippen molar-refractivity contribution < 1.29 is 19.0 Å². The van der Waals surface area contributed by atoms with Gasteiger partial charge in [0.2, 0.25) is 0 Å². The molecule has 1 aliphatic rings. The van der Waals surface area contributed by atoms with Crippen molar-refractivity contribution in [3.8, 4) is 5.75 Å². The zero-order chi connectivity index (χ0) is 14.0. The average Bonchev–Trinajstić information content (AvgIpc) is 2.42. The van der Waals surface area contributed by atoms with Crippen LogP contribution in [0, 0.1) is 12.7 Å². The summed E-state index contributed by atoms with van der Waals surface area (Å²) in [6.07, 6.45) is 4.07. The average molecular weight is 266 g/mol. The van der Waals surface area contributed by atoms with Crippen molar-refractivity contribution in [1.82, 2.24) is 0 Å². The van der Waals surface area contributed by atoms with Crippen LogP contribution in [-0.2, 0) is 10.2 Å². The van der Waals surface area contributed by atoms with E-state index >= 15 is 0 Å². The molecule has 0 radical (unpaired) electrons. The fourth-order valence-electron chi connectivity index (χ4n) is 2.94. The predicted octanol–water partition coefficient (Wildman–Crippen LogP) is 3.43. The molecule has 1 N–H and O–H groups in total. The fraction of sp³-hybridized carbons (Fsp3) is 0.533. The second-order valence-electron chi connectivity index (χ2n) is 5.26. The number of aryl methyl sites for hydroxylation is 1. The lowest BCUT2D eigenvalue weighted by atomic mass is 9.69. The third-order valence-electron chi connectivity index (χ3n) is 4.11.